The first kappa shape index (κ1) is 15.5. The Balaban J connectivity index is 2.21. The van der Waals surface area contributed by atoms with Crippen molar-refractivity contribution in [2.75, 3.05) is 20.2 Å². The fraction of sp³-hybridized carbons (Fsp3) is 0.615. The van der Waals surface area contributed by atoms with Gasteiger partial charge in [-0.3, -0.25) is 14.9 Å². The van der Waals surface area contributed by atoms with Gasteiger partial charge in [0.25, 0.3) is 11.6 Å². The van der Waals surface area contributed by atoms with Crippen LogP contribution in [0.3, 0.4) is 0 Å². The second-order valence-corrected chi connectivity index (χ2v) is 5.22. The molecule has 2 atom stereocenters. The monoisotopic (exact) mass is 296 g/mol. The van der Waals surface area contributed by atoms with Crippen LogP contribution in [0.1, 0.15) is 23.3 Å². The van der Waals surface area contributed by atoms with E-state index in [-0.39, 0.29) is 23.7 Å². The molecule has 1 aliphatic heterocycles. The Morgan fingerprint density at radius 2 is 2.33 bits per heavy atom. The number of nitrogens with two attached hydrogens (primary N) is 1. The number of nitrogens with zero attached hydrogens (tertiary/aromatic N) is 3. The molecule has 1 saturated heterocycles. The number of ether oxygens (including phenoxy) is 1. The van der Waals surface area contributed by atoms with E-state index in [0.29, 0.717) is 25.2 Å². The maximum atomic E-state index is 12.6. The van der Waals surface area contributed by atoms with Crippen LogP contribution in [0.2, 0.25) is 0 Å². The van der Waals surface area contributed by atoms with Crippen molar-refractivity contribution in [2.45, 2.75) is 25.0 Å². The molecular formula is C13H20N4O4. The van der Waals surface area contributed by atoms with Crippen LogP contribution in [0.15, 0.2) is 12.3 Å². The van der Waals surface area contributed by atoms with E-state index < -0.39 is 4.92 Å². The zero-order chi connectivity index (χ0) is 15.6. The van der Waals surface area contributed by atoms with Gasteiger partial charge in [-0.05, 0) is 12.8 Å². The van der Waals surface area contributed by atoms with Crippen molar-refractivity contribution >= 4 is 11.6 Å². The molecule has 2 rings (SSSR count). The summed E-state index contributed by atoms with van der Waals surface area (Å²) in [4.78, 5) is 24.6. The van der Waals surface area contributed by atoms with Crippen molar-refractivity contribution in [2.24, 2.45) is 12.8 Å². The average molecular weight is 296 g/mol. The minimum absolute atomic E-state index is 0.0862. The molecule has 2 unspecified atom stereocenters. The molecule has 21 heavy (non-hydrogen) atoms. The Bertz CT molecular complexity index is 542. The molecule has 0 bridgehead atoms. The Kier molecular flexibility index (Phi) is 4.59. The lowest BCUT2D eigenvalue weighted by atomic mass is 9.99. The van der Waals surface area contributed by atoms with Crippen LogP contribution in [-0.2, 0) is 11.8 Å². The van der Waals surface area contributed by atoms with Gasteiger partial charge in [-0.2, -0.15) is 0 Å². The highest BCUT2D eigenvalue weighted by Crippen LogP contribution is 2.23. The van der Waals surface area contributed by atoms with Crippen molar-refractivity contribution in [3.8, 4) is 0 Å². The Morgan fingerprint density at radius 3 is 2.86 bits per heavy atom. The SMILES string of the molecule is COC1CCN(C(=O)c2cc([N+](=O)[O-])cn2C)C(CN)C1. The molecular weight excluding hydrogens is 276 g/mol. The number of nitro groups is 1. The lowest BCUT2D eigenvalue weighted by Gasteiger charge is -2.38. The molecule has 0 aliphatic carbocycles. The second kappa shape index (κ2) is 6.23. The van der Waals surface area contributed by atoms with Gasteiger partial charge >= 0.3 is 0 Å². The van der Waals surface area contributed by atoms with E-state index in [0.717, 1.165) is 6.42 Å². The van der Waals surface area contributed by atoms with Crippen molar-refractivity contribution in [3.63, 3.8) is 0 Å². The molecule has 1 aromatic rings. The van der Waals surface area contributed by atoms with Gasteiger partial charge in [0.15, 0.2) is 0 Å². The smallest absolute Gasteiger partial charge is 0.287 e. The van der Waals surface area contributed by atoms with Crippen molar-refractivity contribution < 1.29 is 14.5 Å². The van der Waals surface area contributed by atoms with Gasteiger partial charge in [-0.25, -0.2) is 0 Å². The normalized spacial score (nSPS) is 22.3. The number of likely N-dealkylation sites (tertiary alicyclic amines) is 1. The topological polar surface area (TPSA) is 104 Å². The number of rotatable bonds is 4. The third-order valence-corrected chi connectivity index (χ3v) is 3.95. The number of piperidine rings is 1. The van der Waals surface area contributed by atoms with Gasteiger partial charge < -0.3 is 19.9 Å². The maximum absolute atomic E-state index is 12.6. The summed E-state index contributed by atoms with van der Waals surface area (Å²) in [6.07, 6.45) is 2.87. The lowest BCUT2D eigenvalue weighted by Crippen LogP contribution is -2.51. The zero-order valence-electron chi connectivity index (χ0n) is 12.2. The van der Waals surface area contributed by atoms with E-state index in [4.69, 9.17) is 10.5 Å². The van der Waals surface area contributed by atoms with Gasteiger partial charge in [0.05, 0.1) is 17.2 Å². The average Bonchev–Trinajstić information content (AvgIpc) is 2.88. The van der Waals surface area contributed by atoms with E-state index in [1.807, 2.05) is 0 Å². The van der Waals surface area contributed by atoms with Crippen molar-refractivity contribution in [1.82, 2.24) is 9.47 Å². The van der Waals surface area contributed by atoms with E-state index in [1.165, 1.54) is 16.8 Å². The van der Waals surface area contributed by atoms with Crippen LogP contribution in [0.25, 0.3) is 0 Å². The summed E-state index contributed by atoms with van der Waals surface area (Å²) in [5.74, 6) is -0.226. The Hall–Kier alpha value is -1.93. The van der Waals surface area contributed by atoms with Crippen LogP contribution in [0, 0.1) is 10.1 Å². The molecule has 1 aliphatic rings. The Labute approximate surface area is 122 Å². The number of aryl methyl sites for hydroxylation is 1. The highest BCUT2D eigenvalue weighted by Gasteiger charge is 2.33. The fourth-order valence-electron chi connectivity index (χ4n) is 2.73. The Morgan fingerprint density at radius 1 is 1.62 bits per heavy atom. The van der Waals surface area contributed by atoms with Crippen molar-refractivity contribution in [1.29, 1.82) is 0 Å². The molecule has 0 spiro atoms. The van der Waals surface area contributed by atoms with Crippen LogP contribution in [0.5, 0.6) is 0 Å². The van der Waals surface area contributed by atoms with E-state index in [2.05, 4.69) is 0 Å². The fourth-order valence-corrected chi connectivity index (χ4v) is 2.73. The lowest BCUT2D eigenvalue weighted by molar-refractivity contribution is -0.384. The summed E-state index contributed by atoms with van der Waals surface area (Å²) in [6.45, 7) is 0.885. The largest absolute Gasteiger partial charge is 0.381 e. The highest BCUT2D eigenvalue weighted by molar-refractivity contribution is 5.93. The summed E-state index contributed by atoms with van der Waals surface area (Å²) in [5.41, 5.74) is 5.97. The van der Waals surface area contributed by atoms with E-state index in [1.54, 1.807) is 19.1 Å². The summed E-state index contributed by atoms with van der Waals surface area (Å²) in [5, 5.41) is 10.8. The molecule has 1 aromatic heterocycles. The number of aromatic nitrogens is 1. The summed E-state index contributed by atoms with van der Waals surface area (Å²) < 4.78 is 6.81. The molecule has 8 heteroatoms. The number of carbonyl (C=O) groups is 1. The first-order valence-electron chi connectivity index (χ1n) is 6.82. The van der Waals surface area contributed by atoms with Gasteiger partial charge in [0.1, 0.15) is 5.69 Å². The molecule has 2 N–H and O–H groups in total. The molecule has 0 saturated carbocycles. The van der Waals surface area contributed by atoms with Crippen LogP contribution < -0.4 is 5.73 Å². The third-order valence-electron chi connectivity index (χ3n) is 3.95. The second-order valence-electron chi connectivity index (χ2n) is 5.22. The number of methoxy groups -OCH3 is 1. The molecule has 0 aromatic carbocycles. The van der Waals surface area contributed by atoms with E-state index >= 15 is 0 Å². The summed E-state index contributed by atoms with van der Waals surface area (Å²) in [7, 11) is 3.27. The quantitative estimate of drug-likeness (QED) is 0.644. The van der Waals surface area contributed by atoms with Crippen LogP contribution in [0.4, 0.5) is 5.69 Å². The van der Waals surface area contributed by atoms with E-state index in [9.17, 15) is 14.9 Å². The van der Waals surface area contributed by atoms with Crippen LogP contribution in [-0.4, -0.2) is 52.6 Å². The summed E-state index contributed by atoms with van der Waals surface area (Å²) >= 11 is 0. The molecule has 0 radical (unpaired) electrons. The first-order chi connectivity index (χ1) is 9.97. The van der Waals surface area contributed by atoms with Crippen molar-refractivity contribution in [3.05, 3.63) is 28.1 Å². The van der Waals surface area contributed by atoms with Gasteiger partial charge in [-0.15, -0.1) is 0 Å². The minimum atomic E-state index is -0.506. The molecule has 116 valence electrons. The molecule has 2 heterocycles. The highest BCUT2D eigenvalue weighted by atomic mass is 16.6. The summed E-state index contributed by atoms with van der Waals surface area (Å²) in [6, 6.07) is 1.20. The molecule has 1 amide bonds. The first-order valence-corrected chi connectivity index (χ1v) is 6.82. The standard InChI is InChI=1S/C13H20N4O4/c1-15-8-10(17(19)20)6-12(15)13(18)16-4-3-11(21-2)5-9(16)7-14/h6,8-9,11H,3-5,7,14H2,1-2H3. The third kappa shape index (κ3) is 3.06. The number of carbonyl (C=O) groups excluding carboxylic acids is 1. The zero-order valence-corrected chi connectivity index (χ0v) is 12.2. The molecule has 1 fully saturated rings. The van der Waals surface area contributed by atoms with Gasteiger partial charge in [0, 0.05) is 39.4 Å². The number of hydrogen-bond acceptors (Lipinski definition) is 5. The number of amides is 1. The predicted octanol–water partition coefficient (Wildman–Crippen LogP) is 0.512. The maximum Gasteiger partial charge on any atom is 0.287 e. The predicted molar refractivity (Wildman–Crippen MR) is 76.0 cm³/mol. The molecule has 8 nitrogen and oxygen atoms in total. The van der Waals surface area contributed by atoms with Crippen LogP contribution >= 0.6 is 0 Å². The van der Waals surface area contributed by atoms with Gasteiger partial charge in [-0.1, -0.05) is 0 Å². The van der Waals surface area contributed by atoms with Gasteiger partial charge in [0.2, 0.25) is 0 Å². The number of hydrogen-bond donors (Lipinski definition) is 1. The minimum Gasteiger partial charge on any atom is -0.381 e.